The first-order valence-corrected chi connectivity index (χ1v) is 5.47. The lowest BCUT2D eigenvalue weighted by Gasteiger charge is -2.19. The van der Waals surface area contributed by atoms with Crippen molar-refractivity contribution in [3.05, 3.63) is 41.3 Å². The molecule has 1 aromatic carbocycles. The van der Waals surface area contributed by atoms with Crippen LogP contribution in [0, 0.1) is 24.1 Å². The standard InChI is InChI=1S/C13H13FN4/c1-9-12(8-15)13(18(3)16-9)17(2)11-6-4-10(14)5-7-11/h4-7H,1-3H3. The van der Waals surface area contributed by atoms with Crippen molar-refractivity contribution in [2.24, 2.45) is 7.05 Å². The number of benzene rings is 1. The predicted octanol–water partition coefficient (Wildman–Crippen LogP) is 2.51. The Morgan fingerprint density at radius 2 is 1.94 bits per heavy atom. The van der Waals surface area contributed by atoms with E-state index in [-0.39, 0.29) is 5.82 Å². The monoisotopic (exact) mass is 244 g/mol. The van der Waals surface area contributed by atoms with E-state index >= 15 is 0 Å². The molecule has 1 heterocycles. The van der Waals surface area contributed by atoms with Crippen LogP contribution in [0.3, 0.4) is 0 Å². The zero-order valence-corrected chi connectivity index (χ0v) is 10.5. The molecule has 4 nitrogen and oxygen atoms in total. The summed E-state index contributed by atoms with van der Waals surface area (Å²) in [6, 6.07) is 8.26. The molecular formula is C13H13FN4. The first-order valence-electron chi connectivity index (χ1n) is 5.47. The number of hydrogen-bond acceptors (Lipinski definition) is 3. The van der Waals surface area contributed by atoms with Crippen LogP contribution >= 0.6 is 0 Å². The Bertz CT molecular complexity index is 607. The third-order valence-corrected chi connectivity index (χ3v) is 2.84. The number of nitrogens with zero attached hydrogens (tertiary/aromatic N) is 4. The van der Waals surface area contributed by atoms with Gasteiger partial charge in [0.2, 0.25) is 0 Å². The molecule has 0 spiro atoms. The maximum Gasteiger partial charge on any atom is 0.149 e. The molecule has 0 aliphatic rings. The topological polar surface area (TPSA) is 44.9 Å². The number of aromatic nitrogens is 2. The summed E-state index contributed by atoms with van der Waals surface area (Å²) < 4.78 is 14.5. The smallest absolute Gasteiger partial charge is 0.149 e. The Kier molecular flexibility index (Phi) is 3.02. The second-order valence-electron chi connectivity index (χ2n) is 4.05. The van der Waals surface area contributed by atoms with Crippen LogP contribution in [-0.4, -0.2) is 16.8 Å². The molecule has 0 saturated carbocycles. The third kappa shape index (κ3) is 1.93. The summed E-state index contributed by atoms with van der Waals surface area (Å²) >= 11 is 0. The minimum atomic E-state index is -0.283. The Labute approximate surface area is 105 Å². The fraction of sp³-hybridized carbons (Fsp3) is 0.231. The summed E-state index contributed by atoms with van der Waals surface area (Å²) in [6.07, 6.45) is 0. The number of nitriles is 1. The molecule has 92 valence electrons. The number of aryl methyl sites for hydroxylation is 2. The van der Waals surface area contributed by atoms with Gasteiger partial charge in [-0.2, -0.15) is 10.4 Å². The van der Waals surface area contributed by atoms with Crippen LogP contribution in [0.15, 0.2) is 24.3 Å². The second kappa shape index (κ2) is 4.49. The van der Waals surface area contributed by atoms with E-state index < -0.39 is 0 Å². The first-order chi connectivity index (χ1) is 8.54. The highest BCUT2D eigenvalue weighted by atomic mass is 19.1. The molecule has 0 aliphatic heterocycles. The lowest BCUT2D eigenvalue weighted by Crippen LogP contribution is -2.14. The number of hydrogen-bond donors (Lipinski definition) is 0. The molecule has 18 heavy (non-hydrogen) atoms. The van der Waals surface area contributed by atoms with E-state index in [4.69, 9.17) is 5.26 Å². The van der Waals surface area contributed by atoms with Crippen LogP contribution in [0.25, 0.3) is 0 Å². The van der Waals surface area contributed by atoms with Gasteiger partial charge in [0.25, 0.3) is 0 Å². The summed E-state index contributed by atoms with van der Waals surface area (Å²) in [5, 5.41) is 13.4. The molecule has 0 aliphatic carbocycles. The van der Waals surface area contributed by atoms with E-state index in [0.717, 1.165) is 5.69 Å². The molecule has 0 atom stereocenters. The van der Waals surface area contributed by atoms with Gasteiger partial charge in [-0.25, -0.2) is 4.39 Å². The van der Waals surface area contributed by atoms with Crippen LogP contribution in [0.2, 0.25) is 0 Å². The molecule has 0 unspecified atom stereocenters. The Morgan fingerprint density at radius 1 is 1.33 bits per heavy atom. The molecule has 0 amide bonds. The minimum Gasteiger partial charge on any atom is -0.329 e. The van der Waals surface area contributed by atoms with Crippen molar-refractivity contribution in [1.82, 2.24) is 9.78 Å². The third-order valence-electron chi connectivity index (χ3n) is 2.84. The van der Waals surface area contributed by atoms with Gasteiger partial charge in [0.05, 0.1) is 5.69 Å². The number of halogens is 1. The highest BCUT2D eigenvalue weighted by Gasteiger charge is 2.17. The minimum absolute atomic E-state index is 0.283. The molecule has 0 fully saturated rings. The zero-order valence-electron chi connectivity index (χ0n) is 10.5. The SMILES string of the molecule is Cc1nn(C)c(N(C)c2ccc(F)cc2)c1C#N. The van der Waals surface area contributed by atoms with Crippen molar-refractivity contribution >= 4 is 11.5 Å². The summed E-state index contributed by atoms with van der Waals surface area (Å²) in [6.45, 7) is 1.79. The summed E-state index contributed by atoms with van der Waals surface area (Å²) in [5.74, 6) is 0.412. The molecular weight excluding hydrogens is 231 g/mol. The molecule has 5 heteroatoms. The van der Waals surface area contributed by atoms with Crippen LogP contribution < -0.4 is 4.90 Å². The second-order valence-corrected chi connectivity index (χ2v) is 4.05. The van der Waals surface area contributed by atoms with Gasteiger partial charge < -0.3 is 4.90 Å². The first kappa shape index (κ1) is 12.1. The van der Waals surface area contributed by atoms with Crippen molar-refractivity contribution in [1.29, 1.82) is 5.26 Å². The van der Waals surface area contributed by atoms with Crippen molar-refractivity contribution in [2.45, 2.75) is 6.92 Å². The summed E-state index contributed by atoms with van der Waals surface area (Å²) in [4.78, 5) is 1.82. The van der Waals surface area contributed by atoms with Gasteiger partial charge in [0.1, 0.15) is 23.3 Å². The fourth-order valence-electron chi connectivity index (χ4n) is 1.95. The van der Waals surface area contributed by atoms with E-state index in [9.17, 15) is 4.39 Å². The molecule has 0 saturated heterocycles. The van der Waals surface area contributed by atoms with E-state index in [0.29, 0.717) is 17.1 Å². The van der Waals surface area contributed by atoms with Gasteiger partial charge in [0, 0.05) is 19.8 Å². The van der Waals surface area contributed by atoms with E-state index in [2.05, 4.69) is 11.2 Å². The number of anilines is 2. The summed E-state index contributed by atoms with van der Waals surface area (Å²) in [7, 11) is 3.60. The highest BCUT2D eigenvalue weighted by molar-refractivity contribution is 5.66. The maximum atomic E-state index is 12.9. The van der Waals surface area contributed by atoms with Crippen LogP contribution in [0.5, 0.6) is 0 Å². The molecule has 2 rings (SSSR count). The lowest BCUT2D eigenvalue weighted by molar-refractivity contribution is 0.628. The molecule has 2 aromatic rings. The maximum absolute atomic E-state index is 12.9. The van der Waals surface area contributed by atoms with Crippen LogP contribution in [-0.2, 0) is 7.05 Å². The van der Waals surface area contributed by atoms with Gasteiger partial charge in [-0.05, 0) is 31.2 Å². The Morgan fingerprint density at radius 3 is 2.50 bits per heavy atom. The van der Waals surface area contributed by atoms with Gasteiger partial charge in [-0.1, -0.05) is 0 Å². The van der Waals surface area contributed by atoms with Crippen molar-refractivity contribution < 1.29 is 4.39 Å². The fourth-order valence-corrected chi connectivity index (χ4v) is 1.95. The molecule has 0 bridgehead atoms. The van der Waals surface area contributed by atoms with Crippen molar-refractivity contribution in [3.63, 3.8) is 0 Å². The normalized spacial score (nSPS) is 10.2. The van der Waals surface area contributed by atoms with Crippen LogP contribution in [0.1, 0.15) is 11.3 Å². The van der Waals surface area contributed by atoms with Gasteiger partial charge >= 0.3 is 0 Å². The average Bonchev–Trinajstić information content (AvgIpc) is 2.63. The highest BCUT2D eigenvalue weighted by Crippen LogP contribution is 2.27. The van der Waals surface area contributed by atoms with E-state index in [1.54, 1.807) is 30.8 Å². The molecule has 0 N–H and O–H groups in total. The predicted molar refractivity (Wildman–Crippen MR) is 67.1 cm³/mol. The van der Waals surface area contributed by atoms with E-state index in [1.165, 1.54) is 12.1 Å². The molecule has 1 aromatic heterocycles. The quantitative estimate of drug-likeness (QED) is 0.815. The number of rotatable bonds is 2. The summed E-state index contributed by atoms with van der Waals surface area (Å²) in [5.41, 5.74) is 2.02. The van der Waals surface area contributed by atoms with E-state index in [1.807, 2.05) is 11.9 Å². The average molecular weight is 244 g/mol. The molecule has 0 radical (unpaired) electrons. The van der Waals surface area contributed by atoms with Gasteiger partial charge in [-0.15, -0.1) is 0 Å². The van der Waals surface area contributed by atoms with Crippen molar-refractivity contribution in [3.8, 4) is 6.07 Å². The lowest BCUT2D eigenvalue weighted by atomic mass is 10.2. The van der Waals surface area contributed by atoms with Crippen molar-refractivity contribution in [2.75, 3.05) is 11.9 Å². The van der Waals surface area contributed by atoms with Crippen LogP contribution in [0.4, 0.5) is 15.9 Å². The largest absolute Gasteiger partial charge is 0.329 e. The zero-order chi connectivity index (χ0) is 13.3. The Hall–Kier alpha value is -2.35. The van der Waals surface area contributed by atoms with Gasteiger partial charge in [-0.3, -0.25) is 4.68 Å². The Balaban J connectivity index is 2.49. The van der Waals surface area contributed by atoms with Gasteiger partial charge in [0.15, 0.2) is 0 Å².